The van der Waals surface area contributed by atoms with Crippen molar-refractivity contribution in [3.05, 3.63) is 30.1 Å². The maximum Gasteiger partial charge on any atom is 0.230 e. The van der Waals surface area contributed by atoms with Crippen molar-refractivity contribution in [3.63, 3.8) is 0 Å². The van der Waals surface area contributed by atoms with Gasteiger partial charge in [-0.15, -0.1) is 11.8 Å². The quantitative estimate of drug-likeness (QED) is 0.769. The molecule has 0 radical (unpaired) electrons. The molecule has 16 heavy (non-hydrogen) atoms. The molecule has 1 rings (SSSR count). The average molecular weight is 243 g/mol. The monoisotopic (exact) mass is 243 g/mol. The van der Waals surface area contributed by atoms with E-state index in [0.29, 0.717) is 0 Å². The first-order chi connectivity index (χ1) is 7.58. The van der Waals surface area contributed by atoms with Gasteiger partial charge < -0.3 is 10.4 Å². The van der Waals surface area contributed by atoms with Crippen LogP contribution in [-0.2, 0) is 4.79 Å². The van der Waals surface area contributed by atoms with Crippen LogP contribution in [0.2, 0.25) is 0 Å². The van der Waals surface area contributed by atoms with Crippen LogP contribution < -0.4 is 5.32 Å². The van der Waals surface area contributed by atoms with Crippen molar-refractivity contribution < 1.29 is 14.3 Å². The van der Waals surface area contributed by atoms with Gasteiger partial charge in [-0.25, -0.2) is 4.39 Å². The van der Waals surface area contributed by atoms with Crippen molar-refractivity contribution >= 4 is 17.7 Å². The summed E-state index contributed by atoms with van der Waals surface area (Å²) in [4.78, 5) is 12.1. The van der Waals surface area contributed by atoms with Gasteiger partial charge in [-0.2, -0.15) is 0 Å². The molecule has 0 aliphatic carbocycles. The zero-order valence-corrected chi connectivity index (χ0v) is 9.76. The van der Waals surface area contributed by atoms with Gasteiger partial charge in [-0.1, -0.05) is 0 Å². The van der Waals surface area contributed by atoms with E-state index in [2.05, 4.69) is 5.32 Å². The fourth-order valence-electron chi connectivity index (χ4n) is 0.992. The van der Waals surface area contributed by atoms with Gasteiger partial charge in [0.05, 0.1) is 11.9 Å². The van der Waals surface area contributed by atoms with Crippen molar-refractivity contribution in [2.45, 2.75) is 17.9 Å². The summed E-state index contributed by atoms with van der Waals surface area (Å²) in [5.41, 5.74) is 0. The third-order valence-electron chi connectivity index (χ3n) is 1.78. The Morgan fingerprint density at radius 3 is 2.69 bits per heavy atom. The van der Waals surface area contributed by atoms with E-state index in [4.69, 9.17) is 5.11 Å². The largest absolute Gasteiger partial charge is 0.392 e. The minimum absolute atomic E-state index is 0.143. The standard InChI is InChI=1S/C11H14FNO2S/c1-8(14)6-13-11(15)7-16-10-4-2-9(12)3-5-10/h2-5,8,14H,6-7H2,1H3,(H,13,15)/t8-/m0/s1. The van der Waals surface area contributed by atoms with E-state index >= 15 is 0 Å². The number of aliphatic hydroxyl groups is 1. The van der Waals surface area contributed by atoms with Crippen LogP contribution in [0.4, 0.5) is 4.39 Å². The van der Waals surface area contributed by atoms with Crippen LogP contribution in [0.1, 0.15) is 6.92 Å². The molecule has 0 spiro atoms. The minimum Gasteiger partial charge on any atom is -0.392 e. The number of thioether (sulfide) groups is 1. The fraction of sp³-hybridized carbons (Fsp3) is 0.364. The summed E-state index contributed by atoms with van der Waals surface area (Å²) in [6, 6.07) is 5.97. The van der Waals surface area contributed by atoms with Gasteiger partial charge in [0.1, 0.15) is 5.82 Å². The Labute approximate surface area is 98.1 Å². The van der Waals surface area contributed by atoms with E-state index < -0.39 is 6.10 Å². The van der Waals surface area contributed by atoms with Crippen LogP contribution >= 0.6 is 11.8 Å². The smallest absolute Gasteiger partial charge is 0.230 e. The maximum absolute atomic E-state index is 12.6. The summed E-state index contributed by atoms with van der Waals surface area (Å²) >= 11 is 1.33. The van der Waals surface area contributed by atoms with Gasteiger partial charge >= 0.3 is 0 Å². The summed E-state index contributed by atoms with van der Waals surface area (Å²) in [7, 11) is 0. The predicted molar refractivity (Wildman–Crippen MR) is 61.8 cm³/mol. The van der Waals surface area contributed by atoms with Crippen molar-refractivity contribution in [1.29, 1.82) is 0 Å². The summed E-state index contributed by atoms with van der Waals surface area (Å²) in [5.74, 6) is -0.170. The molecule has 1 atom stereocenters. The summed E-state index contributed by atoms with van der Waals surface area (Å²) in [6.45, 7) is 1.86. The highest BCUT2D eigenvalue weighted by Gasteiger charge is 2.04. The SMILES string of the molecule is C[C@H](O)CNC(=O)CSc1ccc(F)cc1. The lowest BCUT2D eigenvalue weighted by Crippen LogP contribution is -2.31. The average Bonchev–Trinajstić information content (AvgIpc) is 2.25. The molecule has 0 aromatic heterocycles. The molecule has 0 aliphatic heterocycles. The number of benzene rings is 1. The van der Waals surface area contributed by atoms with E-state index in [9.17, 15) is 9.18 Å². The first-order valence-electron chi connectivity index (χ1n) is 4.91. The number of halogens is 1. The molecular formula is C11H14FNO2S. The molecule has 0 saturated heterocycles. The number of carbonyl (C=O) groups is 1. The number of hydrogen-bond donors (Lipinski definition) is 2. The van der Waals surface area contributed by atoms with E-state index in [1.165, 1.54) is 23.9 Å². The number of nitrogens with one attached hydrogen (secondary N) is 1. The second-order valence-corrected chi connectivity index (χ2v) is 4.44. The molecule has 2 N–H and O–H groups in total. The molecule has 0 unspecified atom stereocenters. The van der Waals surface area contributed by atoms with Gasteiger partial charge in [-0.3, -0.25) is 4.79 Å². The van der Waals surface area contributed by atoms with Crippen LogP contribution in [0, 0.1) is 5.82 Å². The van der Waals surface area contributed by atoms with E-state index in [0.717, 1.165) is 4.90 Å². The Bertz CT molecular complexity index is 340. The molecule has 88 valence electrons. The second-order valence-electron chi connectivity index (χ2n) is 3.40. The molecule has 1 aromatic rings. The van der Waals surface area contributed by atoms with E-state index in [1.54, 1.807) is 19.1 Å². The Kier molecular flexibility index (Phi) is 5.28. The van der Waals surface area contributed by atoms with Crippen molar-refractivity contribution in [1.82, 2.24) is 5.32 Å². The number of carbonyl (C=O) groups excluding carboxylic acids is 1. The van der Waals surface area contributed by atoms with Gasteiger partial charge in [0.15, 0.2) is 0 Å². The van der Waals surface area contributed by atoms with Crippen molar-refractivity contribution in [2.75, 3.05) is 12.3 Å². The van der Waals surface area contributed by atoms with Crippen molar-refractivity contribution in [2.24, 2.45) is 0 Å². The number of hydrogen-bond acceptors (Lipinski definition) is 3. The van der Waals surface area contributed by atoms with Crippen LogP contribution in [-0.4, -0.2) is 29.4 Å². The molecule has 1 aromatic carbocycles. The minimum atomic E-state index is -0.542. The van der Waals surface area contributed by atoms with Crippen LogP contribution in [0.25, 0.3) is 0 Å². The third kappa shape index (κ3) is 5.14. The highest BCUT2D eigenvalue weighted by molar-refractivity contribution is 8.00. The second kappa shape index (κ2) is 6.50. The summed E-state index contributed by atoms with van der Waals surface area (Å²) in [6.07, 6.45) is -0.542. The Balaban J connectivity index is 2.29. The van der Waals surface area contributed by atoms with Crippen molar-refractivity contribution in [3.8, 4) is 0 Å². The van der Waals surface area contributed by atoms with Gasteiger partial charge in [0, 0.05) is 11.4 Å². The molecule has 0 saturated carbocycles. The molecule has 1 amide bonds. The Morgan fingerprint density at radius 1 is 1.50 bits per heavy atom. The summed E-state index contributed by atoms with van der Waals surface area (Å²) < 4.78 is 12.6. The van der Waals surface area contributed by atoms with Gasteiger partial charge in [-0.05, 0) is 31.2 Å². The third-order valence-corrected chi connectivity index (χ3v) is 2.79. The lowest BCUT2D eigenvalue weighted by molar-refractivity contribution is -0.118. The van der Waals surface area contributed by atoms with Crippen LogP contribution in [0.15, 0.2) is 29.2 Å². The summed E-state index contributed by atoms with van der Waals surface area (Å²) in [5, 5.41) is 11.5. The molecule has 0 fully saturated rings. The predicted octanol–water partition coefficient (Wildman–Crippen LogP) is 1.41. The molecule has 0 heterocycles. The zero-order chi connectivity index (χ0) is 12.0. The molecule has 5 heteroatoms. The first-order valence-corrected chi connectivity index (χ1v) is 5.89. The topological polar surface area (TPSA) is 49.3 Å². The van der Waals surface area contributed by atoms with E-state index in [1.807, 2.05) is 0 Å². The number of aliphatic hydroxyl groups excluding tert-OH is 1. The lowest BCUT2D eigenvalue weighted by Gasteiger charge is -2.06. The number of rotatable bonds is 5. The van der Waals surface area contributed by atoms with Crippen LogP contribution in [0.5, 0.6) is 0 Å². The fourth-order valence-corrected chi connectivity index (χ4v) is 1.72. The Hall–Kier alpha value is -1.07. The van der Waals surface area contributed by atoms with E-state index in [-0.39, 0.29) is 24.0 Å². The van der Waals surface area contributed by atoms with Gasteiger partial charge in [0.2, 0.25) is 5.91 Å². The Morgan fingerprint density at radius 2 is 2.12 bits per heavy atom. The molecular weight excluding hydrogens is 229 g/mol. The highest BCUT2D eigenvalue weighted by atomic mass is 32.2. The molecule has 3 nitrogen and oxygen atoms in total. The number of amides is 1. The lowest BCUT2D eigenvalue weighted by atomic mass is 10.4. The maximum atomic E-state index is 12.6. The first kappa shape index (κ1) is 13.0. The van der Waals surface area contributed by atoms with Gasteiger partial charge in [0.25, 0.3) is 0 Å². The molecule has 0 aliphatic rings. The zero-order valence-electron chi connectivity index (χ0n) is 8.94. The van der Waals surface area contributed by atoms with Crippen LogP contribution in [0.3, 0.4) is 0 Å². The highest BCUT2D eigenvalue weighted by Crippen LogP contribution is 2.17. The molecule has 0 bridgehead atoms. The normalized spacial score (nSPS) is 12.2.